The van der Waals surface area contributed by atoms with Crippen LogP contribution in [0.1, 0.15) is 6.92 Å². The summed E-state index contributed by atoms with van der Waals surface area (Å²) in [6.07, 6.45) is 0. The molecular formula is C4H8Cl2O. The molecular weight excluding hydrogens is 135 g/mol. The van der Waals surface area contributed by atoms with Crippen LogP contribution in [0.15, 0.2) is 0 Å². The Morgan fingerprint density at radius 1 is 1.43 bits per heavy atom. The van der Waals surface area contributed by atoms with E-state index in [0.29, 0.717) is 0 Å². The van der Waals surface area contributed by atoms with Crippen LogP contribution in [0.3, 0.4) is 0 Å². The summed E-state index contributed by atoms with van der Waals surface area (Å²) in [5, 5.41) is 7.89. The van der Waals surface area contributed by atoms with Gasteiger partial charge in [0.1, 0.15) is 6.61 Å². The number of aliphatic hydroxyl groups is 1. The van der Waals surface area contributed by atoms with Gasteiger partial charge in [0.15, 0.2) is 0 Å². The molecule has 0 atom stereocenters. The number of rotatable bonds is 0. The molecule has 0 bridgehead atoms. The highest BCUT2D eigenvalue weighted by molar-refractivity contribution is 5.85. The van der Waals surface area contributed by atoms with Crippen LogP contribution < -0.4 is 0 Å². The third-order valence-corrected chi connectivity index (χ3v) is 0.256. The number of aliphatic hydroxyl groups excluding tert-OH is 1. The fourth-order valence-electron chi connectivity index (χ4n) is 0.0791. The lowest BCUT2D eigenvalue weighted by Gasteiger charge is -1.60. The molecule has 1 N–H and O–H groups in total. The normalized spacial score (nSPS) is 3.71. The average Bonchev–Trinajstić information content (AvgIpc) is 1.41. The fourth-order valence-corrected chi connectivity index (χ4v) is 0.0791. The zero-order valence-corrected chi connectivity index (χ0v) is 5.60. The van der Waals surface area contributed by atoms with E-state index in [1.54, 1.807) is 6.92 Å². The van der Waals surface area contributed by atoms with Crippen molar-refractivity contribution >= 4 is 24.8 Å². The van der Waals surface area contributed by atoms with Gasteiger partial charge in [-0.2, -0.15) is 0 Å². The van der Waals surface area contributed by atoms with Gasteiger partial charge >= 0.3 is 0 Å². The Labute approximate surface area is 55.9 Å². The highest BCUT2D eigenvalue weighted by Crippen LogP contribution is 1.44. The Hall–Kier alpha value is 0.100. The van der Waals surface area contributed by atoms with Gasteiger partial charge in [0.25, 0.3) is 0 Å². The highest BCUT2D eigenvalue weighted by atomic mass is 35.5. The molecule has 0 amide bonds. The molecule has 0 radical (unpaired) electrons. The molecule has 0 aliphatic heterocycles. The first kappa shape index (κ1) is 15.7. The molecule has 0 rings (SSSR count). The largest absolute Gasteiger partial charge is 0.384 e. The maximum Gasteiger partial charge on any atom is 0.104 e. The van der Waals surface area contributed by atoms with Crippen molar-refractivity contribution in [1.29, 1.82) is 0 Å². The third-order valence-electron chi connectivity index (χ3n) is 0.256. The van der Waals surface area contributed by atoms with Crippen molar-refractivity contribution in [2.75, 3.05) is 6.61 Å². The van der Waals surface area contributed by atoms with E-state index in [1.807, 2.05) is 0 Å². The van der Waals surface area contributed by atoms with Crippen LogP contribution in [0.5, 0.6) is 0 Å². The van der Waals surface area contributed by atoms with E-state index in [0.717, 1.165) is 0 Å². The van der Waals surface area contributed by atoms with Crippen LogP contribution in [0.2, 0.25) is 0 Å². The first-order chi connectivity index (χ1) is 2.41. The second-order valence-corrected chi connectivity index (χ2v) is 0.585. The number of hydrogen-bond acceptors (Lipinski definition) is 1. The molecule has 0 spiro atoms. The SMILES string of the molecule is CC#CCO.Cl.Cl. The van der Waals surface area contributed by atoms with Crippen molar-refractivity contribution in [3.63, 3.8) is 0 Å². The number of hydrogen-bond donors (Lipinski definition) is 1. The van der Waals surface area contributed by atoms with Crippen LogP contribution in [0, 0.1) is 11.8 Å². The molecule has 0 unspecified atom stereocenters. The molecule has 0 saturated heterocycles. The highest BCUT2D eigenvalue weighted by Gasteiger charge is 1.48. The van der Waals surface area contributed by atoms with Crippen molar-refractivity contribution in [2.24, 2.45) is 0 Å². The third kappa shape index (κ3) is 23.3. The van der Waals surface area contributed by atoms with E-state index in [1.165, 1.54) is 0 Å². The van der Waals surface area contributed by atoms with Gasteiger partial charge in [-0.3, -0.25) is 0 Å². The van der Waals surface area contributed by atoms with E-state index < -0.39 is 0 Å². The summed E-state index contributed by atoms with van der Waals surface area (Å²) in [6.45, 7) is 1.67. The number of halogens is 2. The van der Waals surface area contributed by atoms with Crippen molar-refractivity contribution in [3.05, 3.63) is 0 Å². The van der Waals surface area contributed by atoms with Crippen molar-refractivity contribution < 1.29 is 5.11 Å². The van der Waals surface area contributed by atoms with Crippen molar-refractivity contribution in [3.8, 4) is 11.8 Å². The predicted octanol–water partition coefficient (Wildman–Crippen LogP) is 0.846. The van der Waals surface area contributed by atoms with Gasteiger partial charge in [0, 0.05) is 0 Å². The van der Waals surface area contributed by atoms with Crippen LogP contribution >= 0.6 is 24.8 Å². The monoisotopic (exact) mass is 142 g/mol. The second-order valence-electron chi connectivity index (χ2n) is 0.585. The van der Waals surface area contributed by atoms with Crippen LogP contribution in [0.25, 0.3) is 0 Å². The van der Waals surface area contributed by atoms with E-state index in [4.69, 9.17) is 5.11 Å². The zero-order chi connectivity index (χ0) is 4.12. The van der Waals surface area contributed by atoms with Crippen LogP contribution in [0.4, 0.5) is 0 Å². The van der Waals surface area contributed by atoms with Gasteiger partial charge in [-0.25, -0.2) is 0 Å². The summed E-state index contributed by atoms with van der Waals surface area (Å²) in [5.41, 5.74) is 0. The quantitative estimate of drug-likeness (QED) is 0.498. The minimum absolute atomic E-state index is 0. The summed E-state index contributed by atoms with van der Waals surface area (Å²) in [6, 6.07) is 0. The Bertz CT molecular complexity index is 61.8. The lowest BCUT2D eigenvalue weighted by atomic mass is 10.6. The molecule has 3 heteroatoms. The molecule has 1 nitrogen and oxygen atoms in total. The fraction of sp³-hybridized carbons (Fsp3) is 0.500. The summed E-state index contributed by atoms with van der Waals surface area (Å²) in [7, 11) is 0. The van der Waals surface area contributed by atoms with Gasteiger partial charge in [0.2, 0.25) is 0 Å². The van der Waals surface area contributed by atoms with E-state index in [-0.39, 0.29) is 31.4 Å². The molecule has 0 fully saturated rings. The molecule has 0 saturated carbocycles. The molecule has 0 aliphatic rings. The molecule has 7 heavy (non-hydrogen) atoms. The molecule has 0 aromatic rings. The van der Waals surface area contributed by atoms with Crippen LogP contribution in [-0.4, -0.2) is 11.7 Å². The topological polar surface area (TPSA) is 20.2 Å². The standard InChI is InChI=1S/C4H6O.2ClH/c1-2-3-4-5;;/h5H,4H2,1H3;2*1H. The van der Waals surface area contributed by atoms with Crippen LogP contribution in [-0.2, 0) is 0 Å². The zero-order valence-electron chi connectivity index (χ0n) is 3.97. The van der Waals surface area contributed by atoms with Gasteiger partial charge in [0.05, 0.1) is 0 Å². The average molecular weight is 143 g/mol. The van der Waals surface area contributed by atoms with Gasteiger partial charge < -0.3 is 5.11 Å². The Morgan fingerprint density at radius 2 is 1.86 bits per heavy atom. The van der Waals surface area contributed by atoms with E-state index in [9.17, 15) is 0 Å². The van der Waals surface area contributed by atoms with Gasteiger partial charge in [-0.15, -0.1) is 30.7 Å². The van der Waals surface area contributed by atoms with Crippen molar-refractivity contribution in [2.45, 2.75) is 6.92 Å². The molecule has 44 valence electrons. The Morgan fingerprint density at radius 3 is 1.86 bits per heavy atom. The summed E-state index contributed by atoms with van der Waals surface area (Å²) in [5.74, 6) is 4.93. The minimum atomic E-state index is -0.0174. The van der Waals surface area contributed by atoms with Crippen molar-refractivity contribution in [1.82, 2.24) is 0 Å². The first-order valence-corrected chi connectivity index (χ1v) is 1.42. The molecule has 0 aromatic carbocycles. The Balaban J connectivity index is -0.0000000800. The smallest absolute Gasteiger partial charge is 0.104 e. The minimum Gasteiger partial charge on any atom is -0.384 e. The van der Waals surface area contributed by atoms with E-state index >= 15 is 0 Å². The van der Waals surface area contributed by atoms with Gasteiger partial charge in [-0.1, -0.05) is 5.92 Å². The molecule has 0 aromatic heterocycles. The summed E-state index contributed by atoms with van der Waals surface area (Å²) in [4.78, 5) is 0. The second kappa shape index (κ2) is 16.5. The summed E-state index contributed by atoms with van der Waals surface area (Å²) < 4.78 is 0. The van der Waals surface area contributed by atoms with Gasteiger partial charge in [-0.05, 0) is 6.92 Å². The molecule has 0 aliphatic carbocycles. The maximum atomic E-state index is 7.89. The lowest BCUT2D eigenvalue weighted by molar-refractivity contribution is 0.350. The van der Waals surface area contributed by atoms with E-state index in [2.05, 4.69) is 11.8 Å². The predicted molar refractivity (Wildman–Crippen MR) is 35.0 cm³/mol. The lowest BCUT2D eigenvalue weighted by Crippen LogP contribution is -1.66. The maximum absolute atomic E-state index is 7.89. The molecule has 0 heterocycles. The summed E-state index contributed by atoms with van der Waals surface area (Å²) >= 11 is 0. The Kier molecular flexibility index (Phi) is 37.1. The first-order valence-electron chi connectivity index (χ1n) is 1.42.